The van der Waals surface area contributed by atoms with E-state index in [1.807, 2.05) is 30.6 Å². The quantitative estimate of drug-likeness (QED) is 0.454. The van der Waals surface area contributed by atoms with Crippen LogP contribution in [0.15, 0.2) is 67.0 Å². The number of nitrogens with one attached hydrogen (secondary N) is 2. The first kappa shape index (κ1) is 11.6. The first-order valence-corrected chi connectivity index (χ1v) is 6.39. The van der Waals surface area contributed by atoms with Crippen LogP contribution in [-0.4, -0.2) is 9.97 Å². The molecule has 0 aliphatic heterocycles. The lowest BCUT2D eigenvalue weighted by atomic mass is 10.2. The number of H-pyrrole nitrogens is 2. The average Bonchev–Trinajstić information content (AvgIpc) is 3.07. The normalized spacial score (nSPS) is 10.4. The van der Waals surface area contributed by atoms with Crippen molar-refractivity contribution in [3.63, 3.8) is 0 Å². The van der Waals surface area contributed by atoms with E-state index in [1.165, 1.54) is 27.4 Å². The Morgan fingerprint density at radius 2 is 1.47 bits per heavy atom. The zero-order valence-electron chi connectivity index (χ0n) is 10.9. The molecule has 4 rings (SSSR count). The van der Waals surface area contributed by atoms with Gasteiger partial charge in [0.15, 0.2) is 0 Å². The van der Waals surface area contributed by atoms with E-state index >= 15 is 0 Å². The summed E-state index contributed by atoms with van der Waals surface area (Å²) in [7, 11) is 0. The first-order valence-electron chi connectivity index (χ1n) is 6.39. The third-order valence-electron chi connectivity index (χ3n) is 3.26. The highest BCUT2D eigenvalue weighted by atomic mass is 14.7. The lowest BCUT2D eigenvalue weighted by molar-refractivity contribution is 1.43. The summed E-state index contributed by atoms with van der Waals surface area (Å²) in [5.74, 6) is 0. The second kappa shape index (κ2) is 5.02. The molecule has 0 amide bonds. The standard InChI is InChI=1S/C9H9N.C8H7N/c1-7-6-10-9-5-3-2-4-8(7)9;1-2-4-8-7(3-1)5-6-9-8/h2-6,10H,1H3;1-6,9H. The fourth-order valence-electron chi connectivity index (χ4n) is 2.21. The highest BCUT2D eigenvalue weighted by Gasteiger charge is 1.94. The van der Waals surface area contributed by atoms with Crippen LogP contribution in [0.1, 0.15) is 5.56 Å². The maximum absolute atomic E-state index is 3.19. The van der Waals surface area contributed by atoms with Gasteiger partial charge >= 0.3 is 0 Å². The van der Waals surface area contributed by atoms with Crippen LogP contribution in [0.25, 0.3) is 21.8 Å². The summed E-state index contributed by atoms with van der Waals surface area (Å²) in [6, 6.07) is 18.6. The van der Waals surface area contributed by atoms with Crippen molar-refractivity contribution in [2.24, 2.45) is 0 Å². The first-order chi connectivity index (χ1) is 9.34. The van der Waals surface area contributed by atoms with Gasteiger partial charge in [0.05, 0.1) is 0 Å². The molecule has 0 radical (unpaired) electrons. The summed E-state index contributed by atoms with van der Waals surface area (Å²) >= 11 is 0. The molecule has 0 spiro atoms. The summed E-state index contributed by atoms with van der Waals surface area (Å²) in [6.45, 7) is 2.11. The minimum atomic E-state index is 1.21. The summed E-state index contributed by atoms with van der Waals surface area (Å²) < 4.78 is 0. The van der Waals surface area contributed by atoms with Gasteiger partial charge in [-0.1, -0.05) is 36.4 Å². The van der Waals surface area contributed by atoms with Gasteiger partial charge in [0.1, 0.15) is 0 Å². The monoisotopic (exact) mass is 248 g/mol. The van der Waals surface area contributed by atoms with E-state index < -0.39 is 0 Å². The van der Waals surface area contributed by atoms with Gasteiger partial charge < -0.3 is 9.97 Å². The van der Waals surface area contributed by atoms with E-state index in [0.29, 0.717) is 0 Å². The van der Waals surface area contributed by atoms with Crippen LogP contribution < -0.4 is 0 Å². The molecule has 0 fully saturated rings. The number of aromatic nitrogens is 2. The SMILES string of the molecule is Cc1c[nH]c2ccccc12.c1ccc2[nH]ccc2c1. The van der Waals surface area contributed by atoms with Crippen molar-refractivity contribution in [3.8, 4) is 0 Å². The largest absolute Gasteiger partial charge is 0.361 e. The smallest absolute Gasteiger partial charge is 0.0456 e. The van der Waals surface area contributed by atoms with Crippen molar-refractivity contribution < 1.29 is 0 Å². The highest BCUT2D eigenvalue weighted by Crippen LogP contribution is 2.15. The van der Waals surface area contributed by atoms with Crippen LogP contribution in [0.5, 0.6) is 0 Å². The molecule has 0 bridgehead atoms. The summed E-state index contributed by atoms with van der Waals surface area (Å²) in [4.78, 5) is 6.31. The highest BCUT2D eigenvalue weighted by molar-refractivity contribution is 5.82. The average molecular weight is 248 g/mol. The van der Waals surface area contributed by atoms with E-state index in [2.05, 4.69) is 53.3 Å². The Balaban J connectivity index is 0.000000117. The van der Waals surface area contributed by atoms with Crippen molar-refractivity contribution >= 4 is 21.8 Å². The minimum absolute atomic E-state index is 1.21. The van der Waals surface area contributed by atoms with Crippen molar-refractivity contribution in [1.29, 1.82) is 0 Å². The van der Waals surface area contributed by atoms with Gasteiger partial charge in [-0.2, -0.15) is 0 Å². The van der Waals surface area contributed by atoms with Crippen molar-refractivity contribution in [2.45, 2.75) is 6.92 Å². The van der Waals surface area contributed by atoms with Crippen LogP contribution in [0, 0.1) is 6.92 Å². The Bertz CT molecular complexity index is 763. The molecule has 19 heavy (non-hydrogen) atoms. The van der Waals surface area contributed by atoms with Crippen LogP contribution in [0.2, 0.25) is 0 Å². The molecule has 0 saturated carbocycles. The maximum Gasteiger partial charge on any atom is 0.0456 e. The topological polar surface area (TPSA) is 31.6 Å². The molecule has 2 aromatic carbocycles. The number of benzene rings is 2. The van der Waals surface area contributed by atoms with Crippen LogP contribution in [-0.2, 0) is 0 Å². The second-order valence-electron chi connectivity index (χ2n) is 4.58. The van der Waals surface area contributed by atoms with E-state index in [1.54, 1.807) is 0 Å². The summed E-state index contributed by atoms with van der Waals surface area (Å²) in [5.41, 5.74) is 3.74. The molecule has 0 unspecified atom stereocenters. The van der Waals surface area contributed by atoms with Gasteiger partial charge in [-0.15, -0.1) is 0 Å². The van der Waals surface area contributed by atoms with Gasteiger partial charge in [0, 0.05) is 28.8 Å². The maximum atomic E-state index is 3.19. The van der Waals surface area contributed by atoms with Crippen LogP contribution in [0.3, 0.4) is 0 Å². The summed E-state index contributed by atoms with van der Waals surface area (Å²) in [5, 5.41) is 2.60. The molecule has 0 aliphatic rings. The van der Waals surface area contributed by atoms with Gasteiger partial charge in [-0.3, -0.25) is 0 Å². The number of aryl methyl sites for hydroxylation is 1. The zero-order valence-corrected chi connectivity index (χ0v) is 10.9. The van der Waals surface area contributed by atoms with E-state index in [4.69, 9.17) is 0 Å². The van der Waals surface area contributed by atoms with Crippen molar-refractivity contribution in [2.75, 3.05) is 0 Å². The molecule has 2 aromatic heterocycles. The number of hydrogen-bond donors (Lipinski definition) is 2. The van der Waals surface area contributed by atoms with Gasteiger partial charge in [-0.25, -0.2) is 0 Å². The predicted octanol–water partition coefficient (Wildman–Crippen LogP) is 4.64. The fraction of sp³-hybridized carbons (Fsp3) is 0.0588. The molecule has 0 saturated heterocycles. The van der Waals surface area contributed by atoms with Crippen LogP contribution >= 0.6 is 0 Å². The number of aromatic amines is 2. The van der Waals surface area contributed by atoms with Gasteiger partial charge in [0.2, 0.25) is 0 Å². The molecule has 2 N–H and O–H groups in total. The Morgan fingerprint density at radius 1 is 0.737 bits per heavy atom. The van der Waals surface area contributed by atoms with E-state index in [-0.39, 0.29) is 0 Å². The molecular weight excluding hydrogens is 232 g/mol. The van der Waals surface area contributed by atoms with Gasteiger partial charge in [-0.05, 0) is 36.1 Å². The molecule has 2 heterocycles. The lowest BCUT2D eigenvalue weighted by Gasteiger charge is -1.86. The molecular formula is C17H16N2. The Hall–Kier alpha value is -2.48. The Labute approximate surface area is 112 Å². The van der Waals surface area contributed by atoms with E-state index in [9.17, 15) is 0 Å². The van der Waals surface area contributed by atoms with Crippen molar-refractivity contribution in [1.82, 2.24) is 9.97 Å². The number of para-hydroxylation sites is 2. The fourth-order valence-corrected chi connectivity index (χ4v) is 2.21. The Kier molecular flexibility index (Phi) is 3.07. The third kappa shape index (κ3) is 2.38. The number of fused-ring (bicyclic) bond motifs is 2. The zero-order chi connectivity index (χ0) is 13.1. The molecule has 2 heteroatoms. The van der Waals surface area contributed by atoms with Crippen molar-refractivity contribution in [3.05, 3.63) is 72.6 Å². The molecule has 0 aliphatic carbocycles. The molecule has 2 nitrogen and oxygen atoms in total. The third-order valence-corrected chi connectivity index (χ3v) is 3.26. The molecule has 0 atom stereocenters. The number of hydrogen-bond acceptors (Lipinski definition) is 0. The summed E-state index contributed by atoms with van der Waals surface area (Å²) in [6.07, 6.45) is 3.98. The number of rotatable bonds is 0. The van der Waals surface area contributed by atoms with E-state index in [0.717, 1.165) is 0 Å². The van der Waals surface area contributed by atoms with Gasteiger partial charge in [0.25, 0.3) is 0 Å². The second-order valence-corrected chi connectivity index (χ2v) is 4.58. The molecule has 94 valence electrons. The lowest BCUT2D eigenvalue weighted by Crippen LogP contribution is -1.64. The Morgan fingerprint density at radius 3 is 2.26 bits per heavy atom. The molecule has 4 aromatic rings. The minimum Gasteiger partial charge on any atom is -0.361 e. The predicted molar refractivity (Wildman–Crippen MR) is 81.3 cm³/mol. The van der Waals surface area contributed by atoms with Crippen LogP contribution in [0.4, 0.5) is 0 Å².